The van der Waals surface area contributed by atoms with Crippen LogP contribution in [-0.2, 0) is 0 Å². The number of nitrogens with zero attached hydrogens (tertiary/aromatic N) is 1. The van der Waals surface area contributed by atoms with E-state index in [1.165, 1.54) is 5.57 Å². The molecule has 20 heavy (non-hydrogen) atoms. The summed E-state index contributed by atoms with van der Waals surface area (Å²) in [4.78, 5) is 2.25. The zero-order chi connectivity index (χ0) is 14.5. The van der Waals surface area contributed by atoms with E-state index in [-0.39, 0.29) is 0 Å². The molecule has 4 atom stereocenters. The molecule has 0 aromatic rings. The van der Waals surface area contributed by atoms with Crippen LogP contribution in [0.25, 0.3) is 0 Å². The second-order valence-corrected chi connectivity index (χ2v) is 6.07. The molecule has 2 rings (SSSR count). The predicted octanol–water partition coefficient (Wildman–Crippen LogP) is 2.94. The van der Waals surface area contributed by atoms with Gasteiger partial charge in [0, 0.05) is 25.7 Å². The predicted molar refractivity (Wildman–Crippen MR) is 83.5 cm³/mol. The fourth-order valence-electron chi connectivity index (χ4n) is 3.24. The van der Waals surface area contributed by atoms with Gasteiger partial charge in [0.05, 0.1) is 0 Å². The van der Waals surface area contributed by atoms with Gasteiger partial charge in [0.25, 0.3) is 0 Å². The van der Waals surface area contributed by atoms with Crippen molar-refractivity contribution in [2.45, 2.75) is 32.0 Å². The summed E-state index contributed by atoms with van der Waals surface area (Å²) in [6.45, 7) is 8.55. The summed E-state index contributed by atoms with van der Waals surface area (Å²) in [6, 6.07) is 0.411. The van der Waals surface area contributed by atoms with Crippen LogP contribution in [0.3, 0.4) is 0 Å². The van der Waals surface area contributed by atoms with Crippen molar-refractivity contribution in [3.63, 3.8) is 0 Å². The molecular formula is C17H27FN2. The molecule has 1 saturated heterocycles. The van der Waals surface area contributed by atoms with Crippen LogP contribution < -0.4 is 5.32 Å². The molecule has 0 spiro atoms. The number of likely N-dealkylation sites (tertiary alicyclic amines) is 1. The van der Waals surface area contributed by atoms with E-state index in [1.807, 2.05) is 13.1 Å². The molecule has 1 aliphatic heterocycles. The van der Waals surface area contributed by atoms with E-state index in [9.17, 15) is 4.39 Å². The summed E-state index contributed by atoms with van der Waals surface area (Å²) in [6.07, 6.45) is 9.76. The van der Waals surface area contributed by atoms with Crippen LogP contribution in [0.4, 0.5) is 4.39 Å². The second-order valence-electron chi connectivity index (χ2n) is 6.07. The third-order valence-corrected chi connectivity index (χ3v) is 4.75. The Morgan fingerprint density at radius 1 is 1.60 bits per heavy atom. The summed E-state index contributed by atoms with van der Waals surface area (Å²) >= 11 is 0. The molecule has 2 aliphatic rings. The van der Waals surface area contributed by atoms with Crippen molar-refractivity contribution >= 4 is 0 Å². The lowest BCUT2D eigenvalue weighted by atomic mass is 9.82. The number of hydrogen-bond donors (Lipinski definition) is 1. The van der Waals surface area contributed by atoms with E-state index >= 15 is 0 Å². The maximum Gasteiger partial charge on any atom is 0.114 e. The zero-order valence-corrected chi connectivity index (χ0v) is 12.7. The molecule has 1 N–H and O–H groups in total. The van der Waals surface area contributed by atoms with E-state index < -0.39 is 6.17 Å². The lowest BCUT2D eigenvalue weighted by Crippen LogP contribution is -2.44. The molecule has 0 amide bonds. The molecule has 1 heterocycles. The third-order valence-electron chi connectivity index (χ3n) is 4.75. The molecule has 0 radical (unpaired) electrons. The molecule has 0 bridgehead atoms. The van der Waals surface area contributed by atoms with Gasteiger partial charge >= 0.3 is 0 Å². The van der Waals surface area contributed by atoms with Crippen molar-refractivity contribution < 1.29 is 4.39 Å². The maximum absolute atomic E-state index is 13.3. The molecule has 4 unspecified atom stereocenters. The highest BCUT2D eigenvalue weighted by molar-refractivity contribution is 5.32. The van der Waals surface area contributed by atoms with E-state index in [1.54, 1.807) is 0 Å². The highest BCUT2D eigenvalue weighted by Crippen LogP contribution is 2.27. The molecule has 0 aromatic heterocycles. The van der Waals surface area contributed by atoms with Gasteiger partial charge in [-0.05, 0) is 37.3 Å². The normalized spacial score (nSPS) is 30.1. The van der Waals surface area contributed by atoms with Crippen LogP contribution in [0.2, 0.25) is 0 Å². The lowest BCUT2D eigenvalue weighted by Gasteiger charge is -2.32. The first kappa shape index (κ1) is 15.5. The Hall–Kier alpha value is -0.930. The van der Waals surface area contributed by atoms with Crippen molar-refractivity contribution in [1.82, 2.24) is 10.2 Å². The van der Waals surface area contributed by atoms with Gasteiger partial charge in [-0.3, -0.25) is 4.90 Å². The number of hydrogen-bond acceptors (Lipinski definition) is 2. The Morgan fingerprint density at radius 3 is 2.90 bits per heavy atom. The van der Waals surface area contributed by atoms with Crippen LogP contribution in [-0.4, -0.2) is 43.8 Å². The highest BCUT2D eigenvalue weighted by atomic mass is 19.1. The number of halogens is 1. The van der Waals surface area contributed by atoms with Gasteiger partial charge in [0.15, 0.2) is 0 Å². The standard InChI is InChI=1S/C17H27FN2/c1-4-14-5-7-15(8-6-14)13(2)17(19-3)12-20-10-9-16(18)11-20/h4-7,13,15-17,19H,1,8-12H2,2-3H3. The maximum atomic E-state index is 13.3. The van der Waals surface area contributed by atoms with E-state index in [2.05, 4.69) is 41.9 Å². The third kappa shape index (κ3) is 3.80. The fourth-order valence-corrected chi connectivity index (χ4v) is 3.24. The van der Waals surface area contributed by atoms with Gasteiger partial charge in [-0.1, -0.05) is 37.8 Å². The largest absolute Gasteiger partial charge is 0.315 e. The van der Waals surface area contributed by atoms with Crippen molar-refractivity contribution in [2.24, 2.45) is 11.8 Å². The van der Waals surface area contributed by atoms with Crippen LogP contribution in [0.1, 0.15) is 19.8 Å². The van der Waals surface area contributed by atoms with Crippen molar-refractivity contribution in [2.75, 3.05) is 26.7 Å². The minimum absolute atomic E-state index is 0.411. The second kappa shape index (κ2) is 7.19. The Labute approximate surface area is 122 Å². The molecule has 1 aliphatic carbocycles. The summed E-state index contributed by atoms with van der Waals surface area (Å²) in [5.41, 5.74) is 1.22. The smallest absolute Gasteiger partial charge is 0.114 e. The first-order valence-electron chi connectivity index (χ1n) is 7.68. The van der Waals surface area contributed by atoms with E-state index in [0.717, 1.165) is 19.5 Å². The summed E-state index contributed by atoms with van der Waals surface area (Å²) < 4.78 is 13.3. The summed E-state index contributed by atoms with van der Waals surface area (Å²) in [7, 11) is 2.02. The minimum atomic E-state index is -0.629. The van der Waals surface area contributed by atoms with Gasteiger partial charge in [-0.25, -0.2) is 4.39 Å². The Kier molecular flexibility index (Phi) is 5.55. The average molecular weight is 278 g/mol. The first-order chi connectivity index (χ1) is 9.63. The molecule has 0 aromatic carbocycles. The number of likely N-dealkylation sites (N-methyl/N-ethyl adjacent to an activating group) is 1. The first-order valence-corrected chi connectivity index (χ1v) is 7.68. The number of allylic oxidation sites excluding steroid dienone is 5. The van der Waals surface area contributed by atoms with Crippen molar-refractivity contribution in [3.05, 3.63) is 36.5 Å². The zero-order valence-electron chi connectivity index (χ0n) is 12.7. The number of rotatable bonds is 6. The van der Waals surface area contributed by atoms with Gasteiger partial charge < -0.3 is 5.32 Å². The van der Waals surface area contributed by atoms with Gasteiger partial charge in [0.1, 0.15) is 6.17 Å². The van der Waals surface area contributed by atoms with Crippen LogP contribution in [0.15, 0.2) is 36.5 Å². The van der Waals surface area contributed by atoms with E-state index in [0.29, 0.717) is 30.8 Å². The monoisotopic (exact) mass is 278 g/mol. The Bertz CT molecular complexity index is 388. The van der Waals surface area contributed by atoms with Crippen molar-refractivity contribution in [1.29, 1.82) is 0 Å². The van der Waals surface area contributed by atoms with Crippen LogP contribution in [0, 0.1) is 11.8 Å². The quantitative estimate of drug-likeness (QED) is 0.803. The topological polar surface area (TPSA) is 15.3 Å². The molecule has 0 saturated carbocycles. The number of alkyl halides is 1. The molecular weight excluding hydrogens is 251 g/mol. The Balaban J connectivity index is 1.89. The molecule has 112 valence electrons. The summed E-state index contributed by atoms with van der Waals surface area (Å²) in [5, 5.41) is 3.43. The van der Waals surface area contributed by atoms with Gasteiger partial charge in [0.2, 0.25) is 0 Å². The highest BCUT2D eigenvalue weighted by Gasteiger charge is 2.28. The summed E-state index contributed by atoms with van der Waals surface area (Å²) in [5.74, 6) is 1.09. The average Bonchev–Trinajstić information content (AvgIpc) is 2.89. The molecule has 1 fully saturated rings. The lowest BCUT2D eigenvalue weighted by molar-refractivity contribution is 0.216. The molecule has 2 nitrogen and oxygen atoms in total. The van der Waals surface area contributed by atoms with E-state index in [4.69, 9.17) is 0 Å². The molecule has 3 heteroatoms. The van der Waals surface area contributed by atoms with Gasteiger partial charge in [-0.2, -0.15) is 0 Å². The SMILES string of the molecule is C=CC1=CCC(C(C)C(CN2CCC(F)C2)NC)C=C1. The van der Waals surface area contributed by atoms with Crippen molar-refractivity contribution in [3.8, 4) is 0 Å². The minimum Gasteiger partial charge on any atom is -0.315 e. The van der Waals surface area contributed by atoms with Crippen LogP contribution in [0.5, 0.6) is 0 Å². The Morgan fingerprint density at radius 2 is 2.40 bits per heavy atom. The van der Waals surface area contributed by atoms with Crippen LogP contribution >= 0.6 is 0 Å². The van der Waals surface area contributed by atoms with Gasteiger partial charge in [-0.15, -0.1) is 0 Å². The fraction of sp³-hybridized carbons (Fsp3) is 0.647. The number of nitrogens with one attached hydrogen (secondary N) is 1.